The highest BCUT2D eigenvalue weighted by Crippen LogP contribution is 2.45. The van der Waals surface area contributed by atoms with Crippen molar-refractivity contribution in [2.24, 2.45) is 11.1 Å². The van der Waals surface area contributed by atoms with Crippen LogP contribution in [0.5, 0.6) is 0 Å². The molecule has 1 aliphatic heterocycles. The number of morpholine rings is 1. The molecule has 2 atom stereocenters. The van der Waals surface area contributed by atoms with Crippen molar-refractivity contribution in [2.45, 2.75) is 38.9 Å². The lowest BCUT2D eigenvalue weighted by Crippen LogP contribution is -2.48. The van der Waals surface area contributed by atoms with E-state index in [0.717, 1.165) is 19.6 Å². The van der Waals surface area contributed by atoms with Gasteiger partial charge >= 0.3 is 0 Å². The van der Waals surface area contributed by atoms with Crippen molar-refractivity contribution in [3.63, 3.8) is 0 Å². The van der Waals surface area contributed by atoms with Gasteiger partial charge in [-0.05, 0) is 38.6 Å². The van der Waals surface area contributed by atoms with E-state index in [-0.39, 0.29) is 0 Å². The summed E-state index contributed by atoms with van der Waals surface area (Å²) in [7, 11) is 0. The number of nitrogens with two attached hydrogens (primary N) is 1. The van der Waals surface area contributed by atoms with Gasteiger partial charge in [-0.1, -0.05) is 0 Å². The first-order valence-corrected chi connectivity index (χ1v) is 5.71. The van der Waals surface area contributed by atoms with Crippen molar-refractivity contribution in [1.29, 1.82) is 0 Å². The Morgan fingerprint density at radius 2 is 1.86 bits per heavy atom. The zero-order valence-corrected chi connectivity index (χ0v) is 9.33. The largest absolute Gasteiger partial charge is 0.373 e. The second kappa shape index (κ2) is 3.80. The highest BCUT2D eigenvalue weighted by Gasteiger charge is 2.43. The van der Waals surface area contributed by atoms with E-state index in [1.54, 1.807) is 0 Å². The molecule has 0 aromatic rings. The van der Waals surface area contributed by atoms with Gasteiger partial charge in [0.2, 0.25) is 0 Å². The maximum atomic E-state index is 5.80. The topological polar surface area (TPSA) is 38.5 Å². The minimum Gasteiger partial charge on any atom is -0.373 e. The summed E-state index contributed by atoms with van der Waals surface area (Å²) in [6.07, 6.45) is 3.41. The van der Waals surface area contributed by atoms with Crippen LogP contribution in [0.25, 0.3) is 0 Å². The first-order chi connectivity index (χ1) is 6.63. The first-order valence-electron chi connectivity index (χ1n) is 5.71. The Kier molecular flexibility index (Phi) is 2.82. The van der Waals surface area contributed by atoms with Gasteiger partial charge in [0.25, 0.3) is 0 Å². The van der Waals surface area contributed by atoms with Crippen LogP contribution in [0.4, 0.5) is 0 Å². The third kappa shape index (κ3) is 2.27. The molecule has 2 N–H and O–H groups in total. The zero-order valence-electron chi connectivity index (χ0n) is 9.33. The molecule has 1 aliphatic carbocycles. The summed E-state index contributed by atoms with van der Waals surface area (Å²) in [5.74, 6) is 0. The fourth-order valence-electron chi connectivity index (χ4n) is 2.49. The molecule has 2 aliphatic rings. The Morgan fingerprint density at radius 3 is 2.29 bits per heavy atom. The van der Waals surface area contributed by atoms with E-state index in [1.165, 1.54) is 19.4 Å². The van der Waals surface area contributed by atoms with Crippen LogP contribution < -0.4 is 5.73 Å². The molecule has 3 nitrogen and oxygen atoms in total. The van der Waals surface area contributed by atoms with Crippen LogP contribution in [0.1, 0.15) is 26.7 Å². The summed E-state index contributed by atoms with van der Waals surface area (Å²) in [5, 5.41) is 0. The number of hydrogen-bond donors (Lipinski definition) is 1. The average molecular weight is 198 g/mol. The van der Waals surface area contributed by atoms with Crippen molar-refractivity contribution in [2.75, 3.05) is 26.2 Å². The SMILES string of the molecule is CC1CN(CC2(CN)CC2)CC(C)O1. The van der Waals surface area contributed by atoms with E-state index >= 15 is 0 Å². The van der Waals surface area contributed by atoms with Crippen LogP contribution in [-0.4, -0.2) is 43.3 Å². The van der Waals surface area contributed by atoms with Gasteiger partial charge in [0.15, 0.2) is 0 Å². The van der Waals surface area contributed by atoms with E-state index in [2.05, 4.69) is 18.7 Å². The van der Waals surface area contributed by atoms with E-state index < -0.39 is 0 Å². The molecule has 14 heavy (non-hydrogen) atoms. The Bertz CT molecular complexity index is 193. The third-order valence-corrected chi connectivity index (χ3v) is 3.44. The van der Waals surface area contributed by atoms with Gasteiger partial charge in [0.05, 0.1) is 12.2 Å². The molecular formula is C11H22N2O. The maximum absolute atomic E-state index is 5.80. The van der Waals surface area contributed by atoms with Crippen LogP contribution >= 0.6 is 0 Å². The maximum Gasteiger partial charge on any atom is 0.0678 e. The fraction of sp³-hybridized carbons (Fsp3) is 1.00. The molecule has 2 unspecified atom stereocenters. The Balaban J connectivity index is 1.85. The average Bonchev–Trinajstić information content (AvgIpc) is 2.83. The summed E-state index contributed by atoms with van der Waals surface area (Å²) in [4.78, 5) is 2.53. The second-order valence-electron chi connectivity index (χ2n) is 5.16. The van der Waals surface area contributed by atoms with Crippen LogP contribution in [0.15, 0.2) is 0 Å². The van der Waals surface area contributed by atoms with E-state index in [9.17, 15) is 0 Å². The minimum atomic E-state index is 0.382. The summed E-state index contributed by atoms with van der Waals surface area (Å²) < 4.78 is 5.71. The molecule has 0 amide bonds. The number of nitrogens with zero attached hydrogens (tertiary/aromatic N) is 1. The normalized spacial score (nSPS) is 37.1. The summed E-state index contributed by atoms with van der Waals surface area (Å²) in [6.45, 7) is 8.50. The predicted molar refractivity (Wildman–Crippen MR) is 57.2 cm³/mol. The molecule has 1 saturated heterocycles. The van der Waals surface area contributed by atoms with Gasteiger partial charge in [-0.25, -0.2) is 0 Å². The predicted octanol–water partition coefficient (Wildman–Crippen LogP) is 0.834. The molecule has 0 spiro atoms. The quantitative estimate of drug-likeness (QED) is 0.730. The number of hydrogen-bond acceptors (Lipinski definition) is 3. The minimum absolute atomic E-state index is 0.382. The van der Waals surface area contributed by atoms with Crippen molar-refractivity contribution in [1.82, 2.24) is 4.90 Å². The number of rotatable bonds is 3. The van der Waals surface area contributed by atoms with E-state index in [1.807, 2.05) is 0 Å². The summed E-state index contributed by atoms with van der Waals surface area (Å²) in [6, 6.07) is 0. The molecule has 0 aromatic carbocycles. The number of ether oxygens (including phenoxy) is 1. The van der Waals surface area contributed by atoms with Gasteiger partial charge in [0, 0.05) is 19.6 Å². The van der Waals surface area contributed by atoms with Gasteiger partial charge in [-0.15, -0.1) is 0 Å². The van der Waals surface area contributed by atoms with Crippen molar-refractivity contribution < 1.29 is 4.74 Å². The molecule has 82 valence electrons. The molecule has 1 heterocycles. The first kappa shape index (κ1) is 10.4. The lowest BCUT2D eigenvalue weighted by Gasteiger charge is -2.37. The van der Waals surface area contributed by atoms with Crippen LogP contribution in [0.2, 0.25) is 0 Å². The monoisotopic (exact) mass is 198 g/mol. The summed E-state index contributed by atoms with van der Waals surface area (Å²) >= 11 is 0. The Hall–Kier alpha value is -0.120. The molecule has 2 fully saturated rings. The molecule has 0 aromatic heterocycles. The van der Waals surface area contributed by atoms with Crippen molar-refractivity contribution in [3.8, 4) is 0 Å². The highest BCUT2D eigenvalue weighted by molar-refractivity contribution is 4.97. The molecular weight excluding hydrogens is 176 g/mol. The smallest absolute Gasteiger partial charge is 0.0678 e. The molecule has 2 rings (SSSR count). The van der Waals surface area contributed by atoms with Gasteiger partial charge in [-0.3, -0.25) is 4.90 Å². The van der Waals surface area contributed by atoms with E-state index in [0.29, 0.717) is 17.6 Å². The lowest BCUT2D eigenvalue weighted by atomic mass is 10.1. The molecule has 1 saturated carbocycles. The second-order valence-corrected chi connectivity index (χ2v) is 5.16. The fourth-order valence-corrected chi connectivity index (χ4v) is 2.49. The van der Waals surface area contributed by atoms with Gasteiger partial charge < -0.3 is 10.5 Å². The third-order valence-electron chi connectivity index (χ3n) is 3.44. The van der Waals surface area contributed by atoms with Gasteiger partial charge in [0.1, 0.15) is 0 Å². The highest BCUT2D eigenvalue weighted by atomic mass is 16.5. The lowest BCUT2D eigenvalue weighted by molar-refractivity contribution is -0.0722. The van der Waals surface area contributed by atoms with Crippen LogP contribution in [-0.2, 0) is 4.74 Å². The van der Waals surface area contributed by atoms with E-state index in [4.69, 9.17) is 10.5 Å². The van der Waals surface area contributed by atoms with Crippen LogP contribution in [0.3, 0.4) is 0 Å². The molecule has 0 bridgehead atoms. The van der Waals surface area contributed by atoms with Crippen molar-refractivity contribution in [3.05, 3.63) is 0 Å². The Labute approximate surface area is 86.6 Å². The zero-order chi connectivity index (χ0) is 10.2. The molecule has 3 heteroatoms. The van der Waals surface area contributed by atoms with Crippen molar-refractivity contribution >= 4 is 0 Å². The molecule has 0 radical (unpaired) electrons. The van der Waals surface area contributed by atoms with Gasteiger partial charge in [-0.2, -0.15) is 0 Å². The standard InChI is InChI=1S/C11H22N2O/c1-9-5-13(6-10(2)14-9)8-11(7-12)3-4-11/h9-10H,3-8,12H2,1-2H3. The van der Waals surface area contributed by atoms with Crippen LogP contribution in [0, 0.1) is 5.41 Å². The Morgan fingerprint density at radius 1 is 1.29 bits per heavy atom. The summed E-state index contributed by atoms with van der Waals surface area (Å²) in [5.41, 5.74) is 6.27.